The first-order chi connectivity index (χ1) is 15.5. The third-order valence-corrected chi connectivity index (χ3v) is 6.62. The number of benzene rings is 3. The number of alkyl halides is 3. The van der Waals surface area contributed by atoms with Gasteiger partial charge in [-0.2, -0.15) is 13.2 Å². The molecule has 0 spiro atoms. The highest BCUT2D eigenvalue weighted by atomic mass is 32.2. The van der Waals surface area contributed by atoms with E-state index in [4.69, 9.17) is 0 Å². The fraction of sp³-hybridized carbons (Fsp3) is 0.174. The van der Waals surface area contributed by atoms with E-state index in [0.717, 1.165) is 12.1 Å². The van der Waals surface area contributed by atoms with Gasteiger partial charge in [-0.1, -0.05) is 36.4 Å². The third kappa shape index (κ3) is 5.89. The monoisotopic (exact) mass is 480 g/mol. The molecule has 0 aliphatic carbocycles. The van der Waals surface area contributed by atoms with E-state index in [2.05, 4.69) is 5.32 Å². The van der Waals surface area contributed by atoms with Crippen molar-refractivity contribution in [1.82, 2.24) is 5.32 Å². The number of amides is 1. The molecule has 0 saturated heterocycles. The lowest BCUT2D eigenvalue weighted by atomic mass is 10.1. The molecule has 0 bridgehead atoms. The smallest absolute Gasteiger partial charge is 0.348 e. The third-order valence-electron chi connectivity index (χ3n) is 4.83. The van der Waals surface area contributed by atoms with Crippen molar-refractivity contribution < 1.29 is 30.8 Å². The van der Waals surface area contributed by atoms with Gasteiger partial charge in [-0.25, -0.2) is 12.8 Å². The van der Waals surface area contributed by atoms with Crippen LogP contribution in [0.5, 0.6) is 0 Å². The van der Waals surface area contributed by atoms with Gasteiger partial charge in [0.1, 0.15) is 12.4 Å². The van der Waals surface area contributed by atoms with Crippen molar-refractivity contribution in [3.63, 3.8) is 0 Å². The number of nitrogens with one attached hydrogen (secondary N) is 1. The van der Waals surface area contributed by atoms with Crippen LogP contribution in [-0.4, -0.2) is 20.9 Å². The molecule has 0 aromatic heterocycles. The molecule has 3 aromatic rings. The highest BCUT2D eigenvalue weighted by molar-refractivity contribution is 7.92. The Hall–Kier alpha value is -3.40. The summed E-state index contributed by atoms with van der Waals surface area (Å²) in [5.74, 6) is -1.20. The summed E-state index contributed by atoms with van der Waals surface area (Å²) in [6.45, 7) is 0.857. The van der Waals surface area contributed by atoms with Gasteiger partial charge < -0.3 is 5.32 Å². The summed E-state index contributed by atoms with van der Waals surface area (Å²) in [6, 6.07) is 15.6. The van der Waals surface area contributed by atoms with Crippen molar-refractivity contribution in [3.05, 3.63) is 95.8 Å². The second-order valence-electron chi connectivity index (χ2n) is 7.21. The summed E-state index contributed by atoms with van der Waals surface area (Å²) in [5, 5.41) is 2.59. The molecule has 33 heavy (non-hydrogen) atoms. The van der Waals surface area contributed by atoms with Crippen LogP contribution >= 0.6 is 0 Å². The van der Waals surface area contributed by atoms with E-state index in [1.807, 2.05) is 0 Å². The van der Waals surface area contributed by atoms with E-state index >= 15 is 0 Å². The van der Waals surface area contributed by atoms with Crippen LogP contribution in [0.15, 0.2) is 83.8 Å². The van der Waals surface area contributed by atoms with Gasteiger partial charge in [0, 0.05) is 0 Å². The number of anilines is 1. The van der Waals surface area contributed by atoms with Crippen LogP contribution in [0.2, 0.25) is 0 Å². The first-order valence-electron chi connectivity index (χ1n) is 9.78. The number of hydrogen-bond acceptors (Lipinski definition) is 3. The van der Waals surface area contributed by atoms with Gasteiger partial charge in [0.05, 0.1) is 22.2 Å². The SMILES string of the molecule is C[C@H](NC(=O)CN(c1cccc(C(F)(F)F)c1)S(=O)(=O)c1ccccc1)c1ccc(F)cc1. The highest BCUT2D eigenvalue weighted by Gasteiger charge is 2.33. The van der Waals surface area contributed by atoms with Crippen LogP contribution in [0, 0.1) is 5.82 Å². The maximum Gasteiger partial charge on any atom is 0.416 e. The Balaban J connectivity index is 1.94. The van der Waals surface area contributed by atoms with Crippen molar-refractivity contribution in [1.29, 1.82) is 0 Å². The Morgan fingerprint density at radius 3 is 2.21 bits per heavy atom. The maximum absolute atomic E-state index is 13.2. The molecule has 0 unspecified atom stereocenters. The predicted octanol–water partition coefficient (Wildman–Crippen LogP) is 4.92. The first kappa shape index (κ1) is 24.2. The molecular weight excluding hydrogens is 460 g/mol. The number of halogens is 4. The fourth-order valence-electron chi connectivity index (χ4n) is 3.12. The number of hydrogen-bond donors (Lipinski definition) is 1. The summed E-state index contributed by atoms with van der Waals surface area (Å²) in [4.78, 5) is 12.5. The molecular formula is C23H20F4N2O3S. The molecule has 10 heteroatoms. The van der Waals surface area contributed by atoms with Crippen molar-refractivity contribution in [3.8, 4) is 0 Å². The predicted molar refractivity (Wildman–Crippen MR) is 115 cm³/mol. The molecule has 174 valence electrons. The van der Waals surface area contributed by atoms with Crippen molar-refractivity contribution in [2.24, 2.45) is 0 Å². The Morgan fingerprint density at radius 1 is 0.970 bits per heavy atom. The largest absolute Gasteiger partial charge is 0.416 e. The topological polar surface area (TPSA) is 66.5 Å². The first-order valence-corrected chi connectivity index (χ1v) is 11.2. The minimum absolute atomic E-state index is 0.179. The van der Waals surface area contributed by atoms with Crippen molar-refractivity contribution in [2.75, 3.05) is 10.8 Å². The van der Waals surface area contributed by atoms with E-state index < -0.39 is 46.1 Å². The van der Waals surface area contributed by atoms with E-state index in [0.29, 0.717) is 15.9 Å². The number of carbonyl (C=O) groups is 1. The Morgan fingerprint density at radius 2 is 1.61 bits per heavy atom. The van der Waals surface area contributed by atoms with Crippen LogP contribution in [0.3, 0.4) is 0 Å². The molecule has 0 heterocycles. The molecule has 0 saturated carbocycles. The maximum atomic E-state index is 13.2. The molecule has 1 N–H and O–H groups in total. The normalized spacial score (nSPS) is 12.8. The summed E-state index contributed by atoms with van der Waals surface area (Å²) in [5.41, 5.74) is -0.784. The van der Waals surface area contributed by atoms with Crippen LogP contribution in [0.25, 0.3) is 0 Å². The zero-order valence-electron chi connectivity index (χ0n) is 17.4. The van der Waals surface area contributed by atoms with Crippen LogP contribution in [-0.2, 0) is 21.0 Å². The molecule has 0 aliphatic rings. The van der Waals surface area contributed by atoms with Crippen LogP contribution in [0.1, 0.15) is 24.1 Å². The standard InChI is InChI=1S/C23H20F4N2O3S/c1-16(17-10-12-19(24)13-11-17)28-22(30)15-29(33(31,32)21-8-3-2-4-9-21)20-7-5-6-18(14-20)23(25,26)27/h2-14,16H,15H2,1H3,(H,28,30)/t16-/m0/s1. The quantitative estimate of drug-likeness (QED) is 0.489. The van der Waals surface area contributed by atoms with Gasteiger partial charge >= 0.3 is 6.18 Å². The minimum atomic E-state index is -4.70. The second-order valence-corrected chi connectivity index (χ2v) is 9.08. The lowest BCUT2D eigenvalue weighted by molar-refractivity contribution is -0.137. The fourth-order valence-corrected chi connectivity index (χ4v) is 4.56. The van der Waals surface area contributed by atoms with E-state index in [1.165, 1.54) is 54.6 Å². The lowest BCUT2D eigenvalue weighted by Gasteiger charge is -2.25. The van der Waals surface area contributed by atoms with Crippen LogP contribution < -0.4 is 9.62 Å². The zero-order valence-corrected chi connectivity index (χ0v) is 18.2. The molecule has 3 aromatic carbocycles. The number of nitrogens with zero attached hydrogens (tertiary/aromatic N) is 1. The average molecular weight is 480 g/mol. The van der Waals surface area contributed by atoms with Gasteiger partial charge in [-0.05, 0) is 55.0 Å². The number of sulfonamides is 1. The molecule has 0 aliphatic heterocycles. The lowest BCUT2D eigenvalue weighted by Crippen LogP contribution is -2.41. The summed E-state index contributed by atoms with van der Waals surface area (Å²) >= 11 is 0. The molecule has 3 rings (SSSR count). The van der Waals surface area contributed by atoms with Gasteiger partial charge in [-0.3, -0.25) is 9.10 Å². The summed E-state index contributed by atoms with van der Waals surface area (Å²) < 4.78 is 79.9. The molecule has 0 radical (unpaired) electrons. The van der Waals surface area contributed by atoms with Gasteiger partial charge in [0.15, 0.2) is 0 Å². The number of carbonyl (C=O) groups excluding carboxylic acids is 1. The van der Waals surface area contributed by atoms with Gasteiger partial charge in [-0.15, -0.1) is 0 Å². The average Bonchev–Trinajstić information content (AvgIpc) is 2.78. The minimum Gasteiger partial charge on any atom is -0.348 e. The van der Waals surface area contributed by atoms with E-state index in [1.54, 1.807) is 13.0 Å². The molecule has 1 atom stereocenters. The van der Waals surface area contributed by atoms with Gasteiger partial charge in [0.2, 0.25) is 5.91 Å². The summed E-state index contributed by atoms with van der Waals surface area (Å²) in [7, 11) is -4.36. The van der Waals surface area contributed by atoms with E-state index in [-0.39, 0.29) is 10.6 Å². The molecule has 0 fully saturated rings. The Kier molecular flexibility index (Phi) is 7.06. The second kappa shape index (κ2) is 9.62. The zero-order chi connectivity index (χ0) is 24.2. The van der Waals surface area contributed by atoms with Gasteiger partial charge in [0.25, 0.3) is 10.0 Å². The van der Waals surface area contributed by atoms with Crippen molar-refractivity contribution >= 4 is 21.6 Å². The summed E-state index contributed by atoms with van der Waals surface area (Å²) in [6.07, 6.45) is -4.70. The highest BCUT2D eigenvalue weighted by Crippen LogP contribution is 2.33. The van der Waals surface area contributed by atoms with E-state index in [9.17, 15) is 30.8 Å². The Labute approximate surface area is 188 Å². The van der Waals surface area contributed by atoms with Crippen LogP contribution in [0.4, 0.5) is 23.2 Å². The molecule has 5 nitrogen and oxygen atoms in total. The Bertz CT molecular complexity index is 1210. The van der Waals surface area contributed by atoms with Crippen molar-refractivity contribution in [2.45, 2.75) is 24.0 Å². The molecule has 1 amide bonds. The number of rotatable bonds is 7.